The van der Waals surface area contributed by atoms with Crippen LogP contribution >= 0.6 is 0 Å². The van der Waals surface area contributed by atoms with Crippen LogP contribution in [0.2, 0.25) is 0 Å². The lowest BCUT2D eigenvalue weighted by Gasteiger charge is -2.00. The molecule has 0 spiro atoms. The van der Waals surface area contributed by atoms with Gasteiger partial charge in [0.15, 0.2) is 5.82 Å². The predicted molar refractivity (Wildman–Crippen MR) is 62.8 cm³/mol. The van der Waals surface area contributed by atoms with E-state index in [2.05, 4.69) is 15.2 Å². The van der Waals surface area contributed by atoms with Crippen LogP contribution in [0.5, 0.6) is 0 Å². The molecular weight excluding hydrogens is 198 g/mol. The molecule has 0 radical (unpaired) electrons. The van der Waals surface area contributed by atoms with Crippen LogP contribution in [-0.2, 0) is 0 Å². The standard InChI is InChI=1S/C13H9N3/c1-2-6-10(7-3-1)13-14-11-8-4-5-9-12(11)15-16-13/h1-9H. The second kappa shape index (κ2) is 3.70. The van der Waals surface area contributed by atoms with Crippen molar-refractivity contribution in [2.75, 3.05) is 0 Å². The van der Waals surface area contributed by atoms with E-state index in [9.17, 15) is 0 Å². The summed E-state index contributed by atoms with van der Waals surface area (Å²) in [4.78, 5) is 4.47. The average molecular weight is 207 g/mol. The molecule has 3 heteroatoms. The third-order valence-corrected chi connectivity index (χ3v) is 2.39. The molecule has 3 rings (SSSR count). The maximum atomic E-state index is 4.47. The summed E-state index contributed by atoms with van der Waals surface area (Å²) in [6.07, 6.45) is 0. The molecule has 0 aliphatic rings. The lowest BCUT2D eigenvalue weighted by atomic mass is 10.2. The van der Waals surface area contributed by atoms with E-state index in [0.29, 0.717) is 5.82 Å². The van der Waals surface area contributed by atoms with Gasteiger partial charge in [0.25, 0.3) is 0 Å². The first kappa shape index (κ1) is 8.97. The fourth-order valence-corrected chi connectivity index (χ4v) is 1.59. The molecule has 16 heavy (non-hydrogen) atoms. The van der Waals surface area contributed by atoms with Crippen LogP contribution in [0, 0.1) is 0 Å². The van der Waals surface area contributed by atoms with Gasteiger partial charge in [-0.15, -0.1) is 10.2 Å². The molecule has 0 N–H and O–H groups in total. The van der Waals surface area contributed by atoms with Crippen molar-refractivity contribution in [3.05, 3.63) is 54.6 Å². The maximum absolute atomic E-state index is 4.47. The topological polar surface area (TPSA) is 38.7 Å². The van der Waals surface area contributed by atoms with Gasteiger partial charge in [0.1, 0.15) is 5.52 Å². The SMILES string of the molecule is c1ccc(-c2nnc3ccccc3n2)cc1. The largest absolute Gasteiger partial charge is 0.225 e. The Labute approximate surface area is 92.8 Å². The molecular formula is C13H9N3. The van der Waals surface area contributed by atoms with Crippen molar-refractivity contribution in [2.24, 2.45) is 0 Å². The van der Waals surface area contributed by atoms with Crippen LogP contribution in [0.1, 0.15) is 0 Å². The second-order valence-electron chi connectivity index (χ2n) is 3.49. The Bertz CT molecular complexity index is 620. The Balaban J connectivity index is 2.19. The maximum Gasteiger partial charge on any atom is 0.182 e. The summed E-state index contributed by atoms with van der Waals surface area (Å²) in [5, 5.41) is 8.26. The van der Waals surface area contributed by atoms with E-state index in [1.807, 2.05) is 54.6 Å². The van der Waals surface area contributed by atoms with Crippen molar-refractivity contribution in [3.8, 4) is 11.4 Å². The first-order valence-corrected chi connectivity index (χ1v) is 5.08. The Morgan fingerprint density at radius 3 is 2.12 bits per heavy atom. The highest BCUT2D eigenvalue weighted by Gasteiger charge is 2.02. The van der Waals surface area contributed by atoms with Crippen molar-refractivity contribution in [1.29, 1.82) is 0 Å². The minimum Gasteiger partial charge on any atom is -0.225 e. The zero-order chi connectivity index (χ0) is 10.8. The predicted octanol–water partition coefficient (Wildman–Crippen LogP) is 2.69. The molecule has 0 aliphatic heterocycles. The van der Waals surface area contributed by atoms with Gasteiger partial charge in [0.05, 0.1) is 5.52 Å². The molecule has 3 nitrogen and oxygen atoms in total. The summed E-state index contributed by atoms with van der Waals surface area (Å²) in [5.74, 6) is 0.666. The molecule has 1 heterocycles. The summed E-state index contributed by atoms with van der Waals surface area (Å²) in [7, 11) is 0. The highest BCUT2D eigenvalue weighted by Crippen LogP contribution is 2.15. The van der Waals surface area contributed by atoms with E-state index in [-0.39, 0.29) is 0 Å². The van der Waals surface area contributed by atoms with Gasteiger partial charge in [-0.2, -0.15) is 0 Å². The normalized spacial score (nSPS) is 10.5. The van der Waals surface area contributed by atoms with Gasteiger partial charge in [-0.05, 0) is 12.1 Å². The zero-order valence-electron chi connectivity index (χ0n) is 8.54. The number of hydrogen-bond acceptors (Lipinski definition) is 3. The minimum atomic E-state index is 0.666. The number of hydrogen-bond donors (Lipinski definition) is 0. The highest BCUT2D eigenvalue weighted by molar-refractivity contribution is 5.75. The first-order valence-electron chi connectivity index (χ1n) is 5.08. The van der Waals surface area contributed by atoms with E-state index >= 15 is 0 Å². The zero-order valence-corrected chi connectivity index (χ0v) is 8.54. The monoisotopic (exact) mass is 207 g/mol. The van der Waals surface area contributed by atoms with Gasteiger partial charge in [0.2, 0.25) is 0 Å². The molecule has 76 valence electrons. The molecule has 0 unspecified atom stereocenters. The summed E-state index contributed by atoms with van der Waals surface area (Å²) < 4.78 is 0. The minimum absolute atomic E-state index is 0.666. The van der Waals surface area contributed by atoms with E-state index in [1.54, 1.807) is 0 Å². The van der Waals surface area contributed by atoms with Gasteiger partial charge in [-0.3, -0.25) is 0 Å². The lowest BCUT2D eigenvalue weighted by molar-refractivity contribution is 1.03. The number of benzene rings is 2. The quantitative estimate of drug-likeness (QED) is 0.615. The van der Waals surface area contributed by atoms with Crippen molar-refractivity contribution in [1.82, 2.24) is 15.2 Å². The fraction of sp³-hybridized carbons (Fsp3) is 0. The van der Waals surface area contributed by atoms with E-state index in [4.69, 9.17) is 0 Å². The summed E-state index contributed by atoms with van der Waals surface area (Å²) in [6, 6.07) is 17.6. The van der Waals surface area contributed by atoms with Crippen LogP contribution in [0.15, 0.2) is 54.6 Å². The molecule has 2 aromatic carbocycles. The molecule has 0 atom stereocenters. The molecule has 0 saturated carbocycles. The van der Waals surface area contributed by atoms with Crippen LogP contribution in [0.25, 0.3) is 22.4 Å². The average Bonchev–Trinajstić information content (AvgIpc) is 2.39. The summed E-state index contributed by atoms with van der Waals surface area (Å²) >= 11 is 0. The lowest BCUT2D eigenvalue weighted by Crippen LogP contribution is -1.93. The van der Waals surface area contributed by atoms with E-state index in [0.717, 1.165) is 16.6 Å². The molecule has 0 amide bonds. The third kappa shape index (κ3) is 1.52. The molecule has 3 aromatic rings. The smallest absolute Gasteiger partial charge is 0.182 e. The van der Waals surface area contributed by atoms with Crippen LogP contribution in [0.3, 0.4) is 0 Å². The molecule has 0 saturated heterocycles. The molecule has 0 aliphatic carbocycles. The van der Waals surface area contributed by atoms with Gasteiger partial charge < -0.3 is 0 Å². The van der Waals surface area contributed by atoms with Gasteiger partial charge in [0, 0.05) is 5.56 Å². The number of rotatable bonds is 1. The van der Waals surface area contributed by atoms with Crippen LogP contribution in [-0.4, -0.2) is 15.2 Å². The van der Waals surface area contributed by atoms with Crippen LogP contribution in [0.4, 0.5) is 0 Å². The Kier molecular flexibility index (Phi) is 2.07. The Morgan fingerprint density at radius 2 is 1.31 bits per heavy atom. The van der Waals surface area contributed by atoms with Crippen molar-refractivity contribution in [2.45, 2.75) is 0 Å². The summed E-state index contributed by atoms with van der Waals surface area (Å²) in [5.41, 5.74) is 2.68. The van der Waals surface area contributed by atoms with Gasteiger partial charge in [-0.25, -0.2) is 4.98 Å². The van der Waals surface area contributed by atoms with Gasteiger partial charge >= 0.3 is 0 Å². The highest BCUT2D eigenvalue weighted by atomic mass is 15.1. The third-order valence-electron chi connectivity index (χ3n) is 2.39. The van der Waals surface area contributed by atoms with Crippen molar-refractivity contribution in [3.63, 3.8) is 0 Å². The van der Waals surface area contributed by atoms with Crippen LogP contribution < -0.4 is 0 Å². The van der Waals surface area contributed by atoms with E-state index < -0.39 is 0 Å². The molecule has 1 aromatic heterocycles. The number of fused-ring (bicyclic) bond motifs is 1. The van der Waals surface area contributed by atoms with Gasteiger partial charge in [-0.1, -0.05) is 42.5 Å². The Hall–Kier alpha value is -2.29. The van der Waals surface area contributed by atoms with E-state index in [1.165, 1.54) is 0 Å². The number of aromatic nitrogens is 3. The number of nitrogens with zero attached hydrogens (tertiary/aromatic N) is 3. The second-order valence-corrected chi connectivity index (χ2v) is 3.49. The van der Waals surface area contributed by atoms with Crippen molar-refractivity contribution < 1.29 is 0 Å². The molecule has 0 bridgehead atoms. The first-order chi connectivity index (χ1) is 7.93. The molecule has 0 fully saturated rings. The van der Waals surface area contributed by atoms with Crippen molar-refractivity contribution >= 4 is 11.0 Å². The Morgan fingerprint density at radius 1 is 0.625 bits per heavy atom. The fourth-order valence-electron chi connectivity index (χ4n) is 1.59. The number of para-hydroxylation sites is 1. The summed E-state index contributed by atoms with van der Waals surface area (Å²) in [6.45, 7) is 0.